The Labute approximate surface area is 101 Å². The molecule has 0 fully saturated rings. The van der Waals surface area contributed by atoms with E-state index in [-0.39, 0.29) is 12.0 Å². The van der Waals surface area contributed by atoms with E-state index in [1.54, 1.807) is 12.3 Å². The van der Waals surface area contributed by atoms with E-state index < -0.39 is 0 Å². The monoisotopic (exact) mass is 238 g/mol. The molecule has 1 rings (SSSR count). The smallest absolute Gasteiger partial charge is 0.328 e. The summed E-state index contributed by atoms with van der Waals surface area (Å²) in [6.45, 7) is 4.40. The van der Waals surface area contributed by atoms with E-state index in [1.165, 1.54) is 7.11 Å². The SMILES string of the molecule is CCOc1ccc(NC(CC)C(=O)OC)cn1. The van der Waals surface area contributed by atoms with Gasteiger partial charge < -0.3 is 14.8 Å². The van der Waals surface area contributed by atoms with E-state index in [1.807, 2.05) is 19.9 Å². The molecule has 5 heteroatoms. The van der Waals surface area contributed by atoms with E-state index in [0.29, 0.717) is 18.9 Å². The van der Waals surface area contributed by atoms with Crippen LogP contribution in [0.5, 0.6) is 5.88 Å². The van der Waals surface area contributed by atoms with Crippen LogP contribution < -0.4 is 10.1 Å². The minimum absolute atomic E-state index is 0.276. The zero-order valence-corrected chi connectivity index (χ0v) is 10.4. The number of aromatic nitrogens is 1. The fourth-order valence-electron chi connectivity index (χ4n) is 1.37. The molecule has 1 aromatic heterocycles. The topological polar surface area (TPSA) is 60.5 Å². The second kappa shape index (κ2) is 6.73. The number of nitrogens with zero attached hydrogens (tertiary/aromatic N) is 1. The Morgan fingerprint density at radius 1 is 1.47 bits per heavy atom. The molecule has 0 aliphatic rings. The van der Waals surface area contributed by atoms with Gasteiger partial charge in [-0.2, -0.15) is 0 Å². The quantitative estimate of drug-likeness (QED) is 0.766. The van der Waals surface area contributed by atoms with Gasteiger partial charge >= 0.3 is 5.97 Å². The minimum Gasteiger partial charge on any atom is -0.478 e. The first-order valence-electron chi connectivity index (χ1n) is 5.64. The van der Waals surface area contributed by atoms with Gasteiger partial charge in [-0.25, -0.2) is 9.78 Å². The average Bonchev–Trinajstić information content (AvgIpc) is 2.37. The summed E-state index contributed by atoms with van der Waals surface area (Å²) in [6.07, 6.45) is 2.29. The van der Waals surface area contributed by atoms with Crippen molar-refractivity contribution in [2.45, 2.75) is 26.3 Å². The number of carbonyl (C=O) groups excluding carboxylic acids is 1. The molecule has 0 amide bonds. The van der Waals surface area contributed by atoms with Crippen LogP contribution in [0.3, 0.4) is 0 Å². The van der Waals surface area contributed by atoms with Crippen molar-refractivity contribution in [3.8, 4) is 5.88 Å². The lowest BCUT2D eigenvalue weighted by Crippen LogP contribution is -2.29. The van der Waals surface area contributed by atoms with E-state index in [4.69, 9.17) is 9.47 Å². The van der Waals surface area contributed by atoms with Crippen molar-refractivity contribution in [2.75, 3.05) is 19.0 Å². The number of hydrogen-bond donors (Lipinski definition) is 1. The summed E-state index contributed by atoms with van der Waals surface area (Å²) in [5, 5.41) is 3.06. The molecule has 0 saturated heterocycles. The molecule has 0 bridgehead atoms. The predicted molar refractivity (Wildman–Crippen MR) is 65.1 cm³/mol. The van der Waals surface area contributed by atoms with Crippen LogP contribution in [-0.2, 0) is 9.53 Å². The van der Waals surface area contributed by atoms with Crippen LogP contribution in [0, 0.1) is 0 Å². The molecular formula is C12H18N2O3. The Hall–Kier alpha value is -1.78. The summed E-state index contributed by atoms with van der Waals surface area (Å²) < 4.78 is 9.92. The normalized spacial score (nSPS) is 11.7. The third-order valence-corrected chi connectivity index (χ3v) is 2.26. The summed E-state index contributed by atoms with van der Waals surface area (Å²) in [5.41, 5.74) is 0.769. The Morgan fingerprint density at radius 2 is 2.24 bits per heavy atom. The summed E-state index contributed by atoms with van der Waals surface area (Å²) in [6, 6.07) is 3.24. The maximum Gasteiger partial charge on any atom is 0.328 e. The van der Waals surface area contributed by atoms with Crippen LogP contribution >= 0.6 is 0 Å². The van der Waals surface area contributed by atoms with Gasteiger partial charge in [-0.05, 0) is 19.4 Å². The highest BCUT2D eigenvalue weighted by Gasteiger charge is 2.16. The first-order chi connectivity index (χ1) is 8.21. The van der Waals surface area contributed by atoms with Gasteiger partial charge in [0.25, 0.3) is 0 Å². The van der Waals surface area contributed by atoms with Crippen LogP contribution in [0.1, 0.15) is 20.3 Å². The van der Waals surface area contributed by atoms with Gasteiger partial charge in [-0.1, -0.05) is 6.92 Å². The fourth-order valence-corrected chi connectivity index (χ4v) is 1.37. The molecular weight excluding hydrogens is 220 g/mol. The van der Waals surface area contributed by atoms with Crippen molar-refractivity contribution < 1.29 is 14.3 Å². The van der Waals surface area contributed by atoms with Gasteiger partial charge in [0.05, 0.1) is 25.6 Å². The van der Waals surface area contributed by atoms with Crippen LogP contribution in [0.4, 0.5) is 5.69 Å². The standard InChI is InChI=1S/C12H18N2O3/c1-4-10(12(15)16-3)14-9-6-7-11(13-8-9)17-5-2/h6-8,10,14H,4-5H2,1-3H3. The van der Waals surface area contributed by atoms with Gasteiger partial charge in [0, 0.05) is 6.07 Å². The predicted octanol–water partition coefficient (Wildman–Crippen LogP) is 1.84. The molecule has 0 saturated carbocycles. The molecule has 0 spiro atoms. The van der Waals surface area contributed by atoms with Gasteiger partial charge in [0.1, 0.15) is 6.04 Å². The minimum atomic E-state index is -0.347. The summed E-state index contributed by atoms with van der Waals surface area (Å²) in [7, 11) is 1.38. The molecule has 1 atom stereocenters. The molecule has 0 aromatic carbocycles. The maximum absolute atomic E-state index is 11.4. The first-order valence-corrected chi connectivity index (χ1v) is 5.64. The number of carbonyl (C=O) groups is 1. The maximum atomic E-state index is 11.4. The average molecular weight is 238 g/mol. The second-order valence-electron chi connectivity index (χ2n) is 3.45. The van der Waals surface area contributed by atoms with Crippen molar-refractivity contribution in [3.63, 3.8) is 0 Å². The van der Waals surface area contributed by atoms with Gasteiger partial charge in [0.2, 0.25) is 5.88 Å². The van der Waals surface area contributed by atoms with E-state index >= 15 is 0 Å². The third kappa shape index (κ3) is 3.94. The molecule has 5 nitrogen and oxygen atoms in total. The highest BCUT2D eigenvalue weighted by molar-refractivity contribution is 5.79. The third-order valence-electron chi connectivity index (χ3n) is 2.26. The van der Waals surface area contributed by atoms with E-state index in [0.717, 1.165) is 5.69 Å². The Kier molecular flexibility index (Phi) is 5.26. The van der Waals surface area contributed by atoms with E-state index in [9.17, 15) is 4.79 Å². The zero-order chi connectivity index (χ0) is 12.7. The number of methoxy groups -OCH3 is 1. The molecule has 1 aromatic rings. The fraction of sp³-hybridized carbons (Fsp3) is 0.500. The van der Waals surface area contributed by atoms with Crippen molar-refractivity contribution >= 4 is 11.7 Å². The number of anilines is 1. The highest BCUT2D eigenvalue weighted by Crippen LogP contribution is 2.13. The van der Waals surface area contributed by atoms with Crippen LogP contribution in [-0.4, -0.2) is 30.7 Å². The largest absolute Gasteiger partial charge is 0.478 e. The Balaban J connectivity index is 2.64. The van der Waals surface area contributed by atoms with Crippen molar-refractivity contribution in [3.05, 3.63) is 18.3 Å². The number of ether oxygens (including phenoxy) is 2. The lowest BCUT2D eigenvalue weighted by molar-refractivity contribution is -0.141. The van der Waals surface area contributed by atoms with Crippen molar-refractivity contribution in [2.24, 2.45) is 0 Å². The highest BCUT2D eigenvalue weighted by atomic mass is 16.5. The van der Waals surface area contributed by atoms with Crippen LogP contribution in [0.25, 0.3) is 0 Å². The molecule has 17 heavy (non-hydrogen) atoms. The first kappa shape index (κ1) is 13.3. The molecule has 1 heterocycles. The van der Waals surface area contributed by atoms with Gasteiger partial charge in [-0.15, -0.1) is 0 Å². The van der Waals surface area contributed by atoms with Crippen molar-refractivity contribution in [1.29, 1.82) is 0 Å². The Bertz CT molecular complexity index is 351. The van der Waals surface area contributed by atoms with Gasteiger partial charge in [0.15, 0.2) is 0 Å². The summed E-state index contributed by atoms with van der Waals surface area (Å²) in [4.78, 5) is 15.5. The number of rotatable bonds is 6. The molecule has 0 radical (unpaired) electrons. The number of nitrogens with one attached hydrogen (secondary N) is 1. The summed E-state index contributed by atoms with van der Waals surface area (Å²) >= 11 is 0. The number of hydrogen-bond acceptors (Lipinski definition) is 5. The van der Waals surface area contributed by atoms with Crippen molar-refractivity contribution in [1.82, 2.24) is 4.98 Å². The molecule has 0 aliphatic carbocycles. The molecule has 1 N–H and O–H groups in total. The lowest BCUT2D eigenvalue weighted by Gasteiger charge is -2.15. The Morgan fingerprint density at radius 3 is 2.71 bits per heavy atom. The van der Waals surface area contributed by atoms with Crippen LogP contribution in [0.2, 0.25) is 0 Å². The second-order valence-corrected chi connectivity index (χ2v) is 3.45. The molecule has 0 aliphatic heterocycles. The molecule has 94 valence electrons. The zero-order valence-electron chi connectivity index (χ0n) is 10.4. The number of esters is 1. The molecule has 1 unspecified atom stereocenters. The lowest BCUT2D eigenvalue weighted by atomic mass is 10.2. The van der Waals surface area contributed by atoms with Crippen LogP contribution in [0.15, 0.2) is 18.3 Å². The summed E-state index contributed by atoms with van der Waals surface area (Å²) in [5.74, 6) is 0.297. The number of pyridine rings is 1. The van der Waals surface area contributed by atoms with Gasteiger partial charge in [-0.3, -0.25) is 0 Å². The van der Waals surface area contributed by atoms with E-state index in [2.05, 4.69) is 10.3 Å².